The SMILES string of the molecule is CC(C)(C)OC(=O)N1CCc2c(n(CCC(=O)O)c3ccccc23)CC1.[NaH]. The molecule has 0 saturated heterocycles. The average molecular weight is 382 g/mol. The molecule has 0 unspecified atom stereocenters. The average Bonchev–Trinajstić information content (AvgIpc) is 2.69. The molecule has 1 N–H and O–H groups in total. The van der Waals surface area contributed by atoms with Crippen LogP contribution in [0, 0.1) is 0 Å². The second-order valence-electron chi connectivity index (χ2n) is 7.71. The first-order valence-electron chi connectivity index (χ1n) is 9.05. The number of hydrogen-bond donors (Lipinski definition) is 1. The zero-order chi connectivity index (χ0) is 18.9. The Hall–Kier alpha value is -1.50. The molecule has 0 bridgehead atoms. The summed E-state index contributed by atoms with van der Waals surface area (Å²) < 4.78 is 7.62. The molecule has 6 nitrogen and oxygen atoms in total. The molecule has 2 aromatic rings. The Morgan fingerprint density at radius 2 is 1.81 bits per heavy atom. The molecule has 1 aromatic carbocycles. The van der Waals surface area contributed by atoms with Crippen LogP contribution in [0.2, 0.25) is 0 Å². The number of carbonyl (C=O) groups excluding carboxylic acids is 1. The van der Waals surface area contributed by atoms with Crippen molar-refractivity contribution in [3.8, 4) is 0 Å². The summed E-state index contributed by atoms with van der Waals surface area (Å²) in [6.07, 6.45) is 1.24. The molecule has 1 aliphatic rings. The van der Waals surface area contributed by atoms with E-state index in [9.17, 15) is 9.59 Å². The molecule has 1 aromatic heterocycles. The predicted octanol–water partition coefficient (Wildman–Crippen LogP) is 2.80. The molecule has 2 heterocycles. The number of ether oxygens (including phenoxy) is 1. The van der Waals surface area contributed by atoms with Crippen LogP contribution < -0.4 is 0 Å². The van der Waals surface area contributed by atoms with Crippen LogP contribution in [-0.2, 0) is 28.9 Å². The fraction of sp³-hybridized carbons (Fsp3) is 0.500. The number of benzene rings is 1. The third kappa shape index (κ3) is 5.06. The summed E-state index contributed by atoms with van der Waals surface area (Å²) in [7, 11) is 0. The van der Waals surface area contributed by atoms with Gasteiger partial charge in [0.05, 0.1) is 6.42 Å². The molecule has 3 rings (SSSR count). The van der Waals surface area contributed by atoms with Crippen LogP contribution in [0.5, 0.6) is 0 Å². The van der Waals surface area contributed by atoms with Crippen LogP contribution in [-0.4, -0.2) is 74.9 Å². The number of aryl methyl sites for hydroxylation is 1. The van der Waals surface area contributed by atoms with Gasteiger partial charge >= 0.3 is 41.6 Å². The number of para-hydroxylation sites is 1. The molecule has 0 aliphatic carbocycles. The van der Waals surface area contributed by atoms with E-state index in [4.69, 9.17) is 9.84 Å². The summed E-state index contributed by atoms with van der Waals surface area (Å²) in [6, 6.07) is 8.10. The minimum atomic E-state index is -0.805. The van der Waals surface area contributed by atoms with Crippen molar-refractivity contribution in [2.24, 2.45) is 0 Å². The second kappa shape index (κ2) is 8.67. The number of carboxylic acid groups (broad SMARTS) is 1. The van der Waals surface area contributed by atoms with Gasteiger partial charge in [-0.15, -0.1) is 0 Å². The quantitative estimate of drug-likeness (QED) is 0.829. The van der Waals surface area contributed by atoms with Gasteiger partial charge in [-0.3, -0.25) is 4.79 Å². The maximum absolute atomic E-state index is 12.4. The molecule has 1 aliphatic heterocycles. The van der Waals surface area contributed by atoms with E-state index in [1.807, 2.05) is 39.0 Å². The first-order chi connectivity index (χ1) is 12.3. The van der Waals surface area contributed by atoms with E-state index < -0.39 is 11.6 Å². The van der Waals surface area contributed by atoms with Gasteiger partial charge in [-0.1, -0.05) is 18.2 Å². The van der Waals surface area contributed by atoms with Crippen molar-refractivity contribution in [1.82, 2.24) is 9.47 Å². The molecular weight excluding hydrogens is 355 g/mol. The number of hydrogen-bond acceptors (Lipinski definition) is 3. The summed E-state index contributed by atoms with van der Waals surface area (Å²) >= 11 is 0. The third-order valence-corrected chi connectivity index (χ3v) is 4.65. The van der Waals surface area contributed by atoms with Crippen LogP contribution >= 0.6 is 0 Å². The normalized spacial score (nSPS) is 14.3. The first-order valence-corrected chi connectivity index (χ1v) is 9.05. The van der Waals surface area contributed by atoms with Gasteiger partial charge in [0.1, 0.15) is 5.60 Å². The van der Waals surface area contributed by atoms with Gasteiger partial charge in [0.15, 0.2) is 0 Å². The van der Waals surface area contributed by atoms with Gasteiger partial charge in [0.25, 0.3) is 0 Å². The molecule has 0 saturated carbocycles. The Morgan fingerprint density at radius 1 is 1.15 bits per heavy atom. The number of fused-ring (bicyclic) bond motifs is 3. The second-order valence-corrected chi connectivity index (χ2v) is 7.71. The van der Waals surface area contributed by atoms with Crippen molar-refractivity contribution in [2.75, 3.05) is 13.1 Å². The Morgan fingerprint density at radius 3 is 2.48 bits per heavy atom. The first kappa shape index (κ1) is 21.8. The van der Waals surface area contributed by atoms with Crippen LogP contribution in [0.1, 0.15) is 38.4 Å². The van der Waals surface area contributed by atoms with E-state index >= 15 is 0 Å². The predicted molar refractivity (Wildman–Crippen MR) is 107 cm³/mol. The molecule has 27 heavy (non-hydrogen) atoms. The number of carboxylic acids is 1. The van der Waals surface area contributed by atoms with Crippen molar-refractivity contribution in [3.05, 3.63) is 35.5 Å². The van der Waals surface area contributed by atoms with E-state index in [1.165, 1.54) is 5.56 Å². The fourth-order valence-corrected chi connectivity index (χ4v) is 3.56. The summed E-state index contributed by atoms with van der Waals surface area (Å²) in [5.41, 5.74) is 2.92. The number of aliphatic carboxylic acids is 1. The molecule has 0 fully saturated rings. The summed E-state index contributed by atoms with van der Waals surface area (Å²) in [5.74, 6) is -0.805. The van der Waals surface area contributed by atoms with E-state index in [0.29, 0.717) is 26.1 Å². The number of rotatable bonds is 3. The van der Waals surface area contributed by atoms with Gasteiger partial charge in [0, 0.05) is 42.7 Å². The van der Waals surface area contributed by atoms with Gasteiger partial charge in [0.2, 0.25) is 0 Å². The van der Waals surface area contributed by atoms with Crippen LogP contribution in [0.4, 0.5) is 4.79 Å². The summed E-state index contributed by atoms with van der Waals surface area (Å²) in [5, 5.41) is 10.2. The van der Waals surface area contributed by atoms with Crippen molar-refractivity contribution >= 4 is 52.5 Å². The Balaban J connectivity index is 0.00000261. The monoisotopic (exact) mass is 382 g/mol. The molecule has 142 valence electrons. The fourth-order valence-electron chi connectivity index (χ4n) is 3.56. The minimum absolute atomic E-state index is 0. The van der Waals surface area contributed by atoms with Gasteiger partial charge in [-0.25, -0.2) is 4.79 Å². The Kier molecular flexibility index (Phi) is 7.00. The van der Waals surface area contributed by atoms with Crippen LogP contribution in [0.25, 0.3) is 10.9 Å². The van der Waals surface area contributed by atoms with E-state index in [-0.39, 0.29) is 42.1 Å². The van der Waals surface area contributed by atoms with Crippen LogP contribution in [0.15, 0.2) is 24.3 Å². The molecule has 0 spiro atoms. The van der Waals surface area contributed by atoms with Gasteiger partial charge in [-0.05, 0) is 38.8 Å². The van der Waals surface area contributed by atoms with E-state index in [1.54, 1.807) is 4.90 Å². The van der Waals surface area contributed by atoms with Crippen molar-refractivity contribution in [3.63, 3.8) is 0 Å². The zero-order valence-corrected chi connectivity index (χ0v) is 15.6. The third-order valence-electron chi connectivity index (χ3n) is 4.65. The van der Waals surface area contributed by atoms with E-state index in [2.05, 4.69) is 10.6 Å². The van der Waals surface area contributed by atoms with Crippen molar-refractivity contribution < 1.29 is 19.4 Å². The summed E-state index contributed by atoms with van der Waals surface area (Å²) in [6.45, 7) is 7.22. The topological polar surface area (TPSA) is 71.8 Å². The number of carbonyl (C=O) groups is 2. The van der Waals surface area contributed by atoms with E-state index in [0.717, 1.165) is 23.0 Å². The van der Waals surface area contributed by atoms with Crippen molar-refractivity contribution in [1.29, 1.82) is 0 Å². The van der Waals surface area contributed by atoms with Crippen molar-refractivity contribution in [2.45, 2.75) is 52.2 Å². The Bertz CT molecular complexity index is 838. The number of nitrogens with zero attached hydrogens (tertiary/aromatic N) is 2. The zero-order valence-electron chi connectivity index (χ0n) is 15.6. The molecular formula is C20H27N2NaO4. The number of amides is 1. The molecule has 1 amide bonds. The Labute approximate surface area is 181 Å². The van der Waals surface area contributed by atoms with Crippen LogP contribution in [0.3, 0.4) is 0 Å². The molecule has 0 radical (unpaired) electrons. The molecule has 0 atom stereocenters. The molecule has 7 heteroatoms. The summed E-state index contributed by atoms with van der Waals surface area (Å²) in [4.78, 5) is 25.2. The standard InChI is InChI=1S/C20H26N2O4.Na.H/c1-20(2,3)26-19(25)21-11-8-15-14-6-4-5-7-16(14)22(13-10-18(23)24)17(15)9-12-21;;/h4-7H,8-13H2,1-3H3,(H,23,24);;. The van der Waals surface area contributed by atoms with Gasteiger partial charge < -0.3 is 19.3 Å². The van der Waals surface area contributed by atoms with Gasteiger partial charge in [-0.2, -0.15) is 0 Å². The number of aromatic nitrogens is 1. The maximum atomic E-state index is 12.4.